The van der Waals surface area contributed by atoms with Gasteiger partial charge in [-0.25, -0.2) is 0 Å². The molecule has 1 rings (SSSR count). The summed E-state index contributed by atoms with van der Waals surface area (Å²) >= 11 is 0. The maximum absolute atomic E-state index is 10.4. The monoisotopic (exact) mass is 223 g/mol. The summed E-state index contributed by atoms with van der Waals surface area (Å²) in [6.45, 7) is 1.27. The predicted molar refractivity (Wildman–Crippen MR) is 61.6 cm³/mol. The standard InChI is InChI=1S/C12H17NO3/c1-13(7-6-12(14)15)9-10-4-3-5-11(8-10)16-2/h3-5,8H,6-7,9H2,1-2H3,(H,14,15). The first-order chi connectivity index (χ1) is 7.61. The Kier molecular flexibility index (Phi) is 4.79. The van der Waals surface area contributed by atoms with E-state index in [-0.39, 0.29) is 6.42 Å². The Labute approximate surface area is 95.5 Å². The van der Waals surface area contributed by atoms with Crippen molar-refractivity contribution in [2.75, 3.05) is 20.7 Å². The lowest BCUT2D eigenvalue weighted by atomic mass is 10.2. The lowest BCUT2D eigenvalue weighted by molar-refractivity contribution is -0.137. The van der Waals surface area contributed by atoms with E-state index in [1.54, 1.807) is 7.11 Å². The average Bonchev–Trinajstić information content (AvgIpc) is 2.26. The Bertz CT molecular complexity index is 352. The number of carboxylic acid groups (broad SMARTS) is 1. The van der Waals surface area contributed by atoms with Crippen molar-refractivity contribution in [2.24, 2.45) is 0 Å². The minimum Gasteiger partial charge on any atom is -0.497 e. The molecule has 0 fully saturated rings. The number of benzene rings is 1. The highest BCUT2D eigenvalue weighted by Crippen LogP contribution is 2.13. The van der Waals surface area contributed by atoms with Crippen molar-refractivity contribution in [3.05, 3.63) is 29.8 Å². The smallest absolute Gasteiger partial charge is 0.304 e. The van der Waals surface area contributed by atoms with Crippen LogP contribution in [0.3, 0.4) is 0 Å². The highest BCUT2D eigenvalue weighted by atomic mass is 16.5. The number of carbonyl (C=O) groups is 1. The van der Waals surface area contributed by atoms with Crippen LogP contribution in [0.25, 0.3) is 0 Å². The fourth-order valence-electron chi connectivity index (χ4n) is 1.45. The third-order valence-electron chi connectivity index (χ3n) is 2.29. The summed E-state index contributed by atoms with van der Waals surface area (Å²) in [7, 11) is 3.54. The molecule has 16 heavy (non-hydrogen) atoms. The van der Waals surface area contributed by atoms with Crippen molar-refractivity contribution < 1.29 is 14.6 Å². The molecule has 0 aliphatic rings. The average molecular weight is 223 g/mol. The van der Waals surface area contributed by atoms with Crippen LogP contribution in [0.1, 0.15) is 12.0 Å². The number of ether oxygens (including phenoxy) is 1. The predicted octanol–water partition coefficient (Wildman–Crippen LogP) is 1.60. The Balaban J connectivity index is 2.48. The zero-order valence-electron chi connectivity index (χ0n) is 9.64. The molecule has 0 amide bonds. The van der Waals surface area contributed by atoms with Crippen LogP contribution in [-0.4, -0.2) is 36.7 Å². The lowest BCUT2D eigenvalue weighted by Gasteiger charge is -2.15. The summed E-state index contributed by atoms with van der Waals surface area (Å²) in [5, 5.41) is 8.56. The van der Waals surface area contributed by atoms with Crippen LogP contribution in [0.4, 0.5) is 0 Å². The van der Waals surface area contributed by atoms with Gasteiger partial charge in [0.2, 0.25) is 0 Å². The summed E-state index contributed by atoms with van der Waals surface area (Å²) in [4.78, 5) is 12.4. The Morgan fingerprint density at radius 3 is 2.88 bits per heavy atom. The summed E-state index contributed by atoms with van der Waals surface area (Å²) in [6.07, 6.45) is 0.167. The summed E-state index contributed by atoms with van der Waals surface area (Å²) in [6, 6.07) is 7.77. The van der Waals surface area contributed by atoms with Crippen LogP contribution in [0, 0.1) is 0 Å². The van der Waals surface area contributed by atoms with Crippen molar-refractivity contribution in [3.8, 4) is 5.75 Å². The molecule has 0 heterocycles. The van der Waals surface area contributed by atoms with Gasteiger partial charge in [-0.05, 0) is 24.7 Å². The molecule has 0 saturated heterocycles. The molecule has 1 aromatic rings. The van der Waals surface area contributed by atoms with Crippen LogP contribution in [0.15, 0.2) is 24.3 Å². The first kappa shape index (κ1) is 12.5. The summed E-state index contributed by atoms with van der Waals surface area (Å²) in [5.74, 6) is 0.0571. The van der Waals surface area contributed by atoms with Gasteiger partial charge in [-0.15, -0.1) is 0 Å². The highest BCUT2D eigenvalue weighted by Gasteiger charge is 2.04. The second kappa shape index (κ2) is 6.12. The first-order valence-electron chi connectivity index (χ1n) is 5.15. The van der Waals surface area contributed by atoms with E-state index >= 15 is 0 Å². The second-order valence-electron chi connectivity index (χ2n) is 3.73. The fourth-order valence-corrected chi connectivity index (χ4v) is 1.45. The largest absolute Gasteiger partial charge is 0.497 e. The van der Waals surface area contributed by atoms with Gasteiger partial charge in [0.1, 0.15) is 5.75 Å². The number of rotatable bonds is 6. The first-order valence-corrected chi connectivity index (χ1v) is 5.15. The molecule has 1 aromatic carbocycles. The van der Waals surface area contributed by atoms with Crippen LogP contribution in [0.5, 0.6) is 5.75 Å². The minimum absolute atomic E-state index is 0.167. The molecule has 0 unspecified atom stereocenters. The van der Waals surface area contributed by atoms with Crippen molar-refractivity contribution in [1.29, 1.82) is 0 Å². The lowest BCUT2D eigenvalue weighted by Crippen LogP contribution is -2.21. The maximum atomic E-state index is 10.4. The topological polar surface area (TPSA) is 49.8 Å². The summed E-state index contributed by atoms with van der Waals surface area (Å²) in [5.41, 5.74) is 1.12. The SMILES string of the molecule is COc1cccc(CN(C)CCC(=O)O)c1. The van der Waals surface area contributed by atoms with Crippen molar-refractivity contribution in [3.63, 3.8) is 0 Å². The van der Waals surface area contributed by atoms with E-state index in [1.807, 2.05) is 36.2 Å². The number of carboxylic acids is 1. The van der Waals surface area contributed by atoms with Gasteiger partial charge in [0.25, 0.3) is 0 Å². The van der Waals surface area contributed by atoms with Gasteiger partial charge < -0.3 is 14.7 Å². The molecular weight excluding hydrogens is 206 g/mol. The third kappa shape index (κ3) is 4.31. The zero-order chi connectivity index (χ0) is 12.0. The minimum atomic E-state index is -0.766. The van der Waals surface area contributed by atoms with Gasteiger partial charge >= 0.3 is 5.97 Å². The molecule has 0 bridgehead atoms. The van der Waals surface area contributed by atoms with E-state index in [4.69, 9.17) is 9.84 Å². The van der Waals surface area contributed by atoms with E-state index in [2.05, 4.69) is 0 Å². The quantitative estimate of drug-likeness (QED) is 0.796. The third-order valence-corrected chi connectivity index (χ3v) is 2.29. The van der Waals surface area contributed by atoms with Crippen molar-refractivity contribution >= 4 is 5.97 Å². The van der Waals surface area contributed by atoms with Gasteiger partial charge in [-0.2, -0.15) is 0 Å². The number of nitrogens with zero attached hydrogens (tertiary/aromatic N) is 1. The van der Waals surface area contributed by atoms with E-state index in [9.17, 15) is 4.79 Å². The Morgan fingerprint density at radius 1 is 1.50 bits per heavy atom. The van der Waals surface area contributed by atoms with Crippen LogP contribution in [-0.2, 0) is 11.3 Å². The molecule has 0 aromatic heterocycles. The van der Waals surface area contributed by atoms with Crippen LogP contribution in [0.2, 0.25) is 0 Å². The van der Waals surface area contributed by atoms with E-state index < -0.39 is 5.97 Å². The van der Waals surface area contributed by atoms with Gasteiger partial charge in [0.05, 0.1) is 13.5 Å². The van der Waals surface area contributed by atoms with Gasteiger partial charge in [0, 0.05) is 13.1 Å². The Hall–Kier alpha value is -1.55. The highest BCUT2D eigenvalue weighted by molar-refractivity contribution is 5.66. The molecule has 0 aliphatic carbocycles. The van der Waals surface area contributed by atoms with Crippen molar-refractivity contribution in [1.82, 2.24) is 4.90 Å². The normalized spacial score (nSPS) is 10.4. The van der Waals surface area contributed by atoms with E-state index in [0.717, 1.165) is 17.9 Å². The van der Waals surface area contributed by atoms with E-state index in [0.29, 0.717) is 6.54 Å². The maximum Gasteiger partial charge on any atom is 0.304 e. The fraction of sp³-hybridized carbons (Fsp3) is 0.417. The number of hydrogen-bond acceptors (Lipinski definition) is 3. The Morgan fingerprint density at radius 2 is 2.25 bits per heavy atom. The van der Waals surface area contributed by atoms with Gasteiger partial charge in [-0.3, -0.25) is 4.79 Å². The molecule has 0 saturated carbocycles. The van der Waals surface area contributed by atoms with Gasteiger partial charge in [0.15, 0.2) is 0 Å². The number of methoxy groups -OCH3 is 1. The zero-order valence-corrected chi connectivity index (χ0v) is 9.64. The molecule has 0 aliphatic heterocycles. The molecular formula is C12H17NO3. The van der Waals surface area contributed by atoms with Gasteiger partial charge in [-0.1, -0.05) is 12.1 Å². The number of aliphatic carboxylic acids is 1. The van der Waals surface area contributed by atoms with Crippen molar-refractivity contribution in [2.45, 2.75) is 13.0 Å². The van der Waals surface area contributed by atoms with Crippen LogP contribution < -0.4 is 4.74 Å². The molecule has 1 N–H and O–H groups in total. The second-order valence-corrected chi connectivity index (χ2v) is 3.73. The molecule has 0 atom stereocenters. The molecule has 88 valence electrons. The van der Waals surface area contributed by atoms with E-state index in [1.165, 1.54) is 0 Å². The van der Waals surface area contributed by atoms with Crippen LogP contribution >= 0.6 is 0 Å². The molecule has 0 radical (unpaired) electrons. The molecule has 0 spiro atoms. The molecule has 4 nitrogen and oxygen atoms in total. The number of hydrogen-bond donors (Lipinski definition) is 1. The molecule has 4 heteroatoms. The summed E-state index contributed by atoms with van der Waals surface area (Å²) < 4.78 is 5.12.